The summed E-state index contributed by atoms with van der Waals surface area (Å²) in [5, 5.41) is 4.71. The van der Waals surface area contributed by atoms with Crippen LogP contribution in [-0.4, -0.2) is 25.2 Å². The molecule has 3 nitrogen and oxygen atoms in total. The molecule has 1 aromatic carbocycles. The summed E-state index contributed by atoms with van der Waals surface area (Å²) in [5.41, 5.74) is 4.95. The van der Waals surface area contributed by atoms with Crippen molar-refractivity contribution in [2.75, 3.05) is 20.3 Å². The van der Waals surface area contributed by atoms with Gasteiger partial charge in [-0.25, -0.2) is 0 Å². The van der Waals surface area contributed by atoms with Crippen LogP contribution in [0.1, 0.15) is 43.5 Å². The number of fused-ring (bicyclic) bond motifs is 1. The number of rotatable bonds is 7. The minimum atomic E-state index is 0.443. The summed E-state index contributed by atoms with van der Waals surface area (Å²) >= 11 is 0. The highest BCUT2D eigenvalue weighted by Gasteiger charge is 2.09. The average Bonchev–Trinajstić information content (AvgIpc) is 2.50. The van der Waals surface area contributed by atoms with Crippen molar-refractivity contribution in [2.45, 2.75) is 39.7 Å². The van der Waals surface area contributed by atoms with Crippen molar-refractivity contribution >= 4 is 10.9 Å². The molecule has 0 fully saturated rings. The average molecular weight is 286 g/mol. The second-order valence-electron chi connectivity index (χ2n) is 5.74. The van der Waals surface area contributed by atoms with Gasteiger partial charge in [0.1, 0.15) is 0 Å². The van der Waals surface area contributed by atoms with Gasteiger partial charge in [-0.15, -0.1) is 0 Å². The molecule has 0 aliphatic heterocycles. The molecule has 1 aromatic heterocycles. The molecule has 0 spiro atoms. The fraction of sp³-hybridized carbons (Fsp3) is 0.500. The lowest BCUT2D eigenvalue weighted by molar-refractivity contribution is 0.199. The van der Waals surface area contributed by atoms with Crippen molar-refractivity contribution < 1.29 is 4.74 Å². The van der Waals surface area contributed by atoms with Crippen LogP contribution in [0.4, 0.5) is 0 Å². The first kappa shape index (κ1) is 15.9. The van der Waals surface area contributed by atoms with E-state index in [0.717, 1.165) is 37.3 Å². The minimum Gasteiger partial charge on any atom is -0.383 e. The molecular weight excluding hydrogens is 260 g/mol. The second kappa shape index (κ2) is 7.53. The smallest absolute Gasteiger partial charge is 0.0708 e. The van der Waals surface area contributed by atoms with Crippen LogP contribution in [0.3, 0.4) is 0 Å². The van der Waals surface area contributed by atoms with Gasteiger partial charge in [0.2, 0.25) is 0 Å². The number of ether oxygens (including phenoxy) is 1. The molecular formula is C18H26N2O. The van der Waals surface area contributed by atoms with E-state index in [4.69, 9.17) is 9.72 Å². The van der Waals surface area contributed by atoms with Gasteiger partial charge in [0.05, 0.1) is 12.1 Å². The third kappa shape index (κ3) is 4.02. The lowest BCUT2D eigenvalue weighted by Gasteiger charge is -2.13. The van der Waals surface area contributed by atoms with Gasteiger partial charge in [-0.05, 0) is 41.7 Å². The first-order chi connectivity index (χ1) is 10.2. The van der Waals surface area contributed by atoms with Crippen LogP contribution in [0.25, 0.3) is 10.9 Å². The topological polar surface area (TPSA) is 34.2 Å². The lowest BCUT2D eigenvalue weighted by Crippen LogP contribution is -2.19. The van der Waals surface area contributed by atoms with Gasteiger partial charge >= 0.3 is 0 Å². The number of benzene rings is 1. The molecule has 0 amide bonds. The maximum Gasteiger partial charge on any atom is 0.0708 e. The molecule has 0 aliphatic rings. The molecule has 0 unspecified atom stereocenters. The van der Waals surface area contributed by atoms with Crippen molar-refractivity contribution in [3.8, 4) is 0 Å². The van der Waals surface area contributed by atoms with Crippen LogP contribution < -0.4 is 5.32 Å². The number of aromatic nitrogens is 1. The van der Waals surface area contributed by atoms with Gasteiger partial charge in [-0.1, -0.05) is 26.8 Å². The zero-order valence-electron chi connectivity index (χ0n) is 13.6. The van der Waals surface area contributed by atoms with Crippen molar-refractivity contribution in [3.63, 3.8) is 0 Å². The summed E-state index contributed by atoms with van der Waals surface area (Å²) in [5.74, 6) is 0.443. The summed E-state index contributed by atoms with van der Waals surface area (Å²) in [7, 11) is 1.73. The molecule has 0 saturated heterocycles. The SMILES string of the molecule is CCc1ccc2nc(C(C)C)cc(CNCCOC)c2c1. The molecule has 0 saturated carbocycles. The summed E-state index contributed by atoms with van der Waals surface area (Å²) in [6.07, 6.45) is 1.05. The van der Waals surface area contributed by atoms with Gasteiger partial charge in [-0.2, -0.15) is 0 Å². The molecule has 0 aliphatic carbocycles. The van der Waals surface area contributed by atoms with Crippen LogP contribution >= 0.6 is 0 Å². The van der Waals surface area contributed by atoms with E-state index < -0.39 is 0 Å². The highest BCUT2D eigenvalue weighted by Crippen LogP contribution is 2.23. The Morgan fingerprint density at radius 2 is 2.05 bits per heavy atom. The Labute approximate surface area is 127 Å². The van der Waals surface area contributed by atoms with Crippen LogP contribution in [0.2, 0.25) is 0 Å². The second-order valence-corrected chi connectivity index (χ2v) is 5.74. The number of hydrogen-bond acceptors (Lipinski definition) is 3. The Bertz CT molecular complexity index is 593. The van der Waals surface area contributed by atoms with Crippen molar-refractivity contribution in [3.05, 3.63) is 41.1 Å². The predicted octanol–water partition coefficient (Wildman–Crippen LogP) is 3.66. The zero-order chi connectivity index (χ0) is 15.2. The van der Waals surface area contributed by atoms with Crippen molar-refractivity contribution in [2.24, 2.45) is 0 Å². The van der Waals surface area contributed by atoms with Crippen LogP contribution in [0, 0.1) is 0 Å². The molecule has 0 radical (unpaired) electrons. The number of methoxy groups -OCH3 is 1. The van der Waals surface area contributed by atoms with Crippen molar-refractivity contribution in [1.29, 1.82) is 0 Å². The van der Waals surface area contributed by atoms with Gasteiger partial charge < -0.3 is 10.1 Å². The first-order valence-electron chi connectivity index (χ1n) is 7.77. The predicted molar refractivity (Wildman–Crippen MR) is 88.8 cm³/mol. The monoisotopic (exact) mass is 286 g/mol. The van der Waals surface area contributed by atoms with E-state index in [1.165, 1.54) is 16.5 Å². The van der Waals surface area contributed by atoms with E-state index in [9.17, 15) is 0 Å². The number of aryl methyl sites for hydroxylation is 1. The zero-order valence-corrected chi connectivity index (χ0v) is 13.6. The van der Waals surface area contributed by atoms with E-state index in [2.05, 4.69) is 50.4 Å². The Hall–Kier alpha value is -1.45. The Morgan fingerprint density at radius 3 is 2.71 bits per heavy atom. The van der Waals surface area contributed by atoms with E-state index >= 15 is 0 Å². The van der Waals surface area contributed by atoms with Gasteiger partial charge in [-0.3, -0.25) is 4.98 Å². The maximum absolute atomic E-state index is 5.09. The Kier molecular flexibility index (Phi) is 5.71. The molecule has 3 heteroatoms. The molecule has 0 atom stereocenters. The quantitative estimate of drug-likeness (QED) is 0.789. The highest BCUT2D eigenvalue weighted by atomic mass is 16.5. The molecule has 114 valence electrons. The summed E-state index contributed by atoms with van der Waals surface area (Å²) in [6, 6.07) is 8.85. The number of nitrogens with zero attached hydrogens (tertiary/aromatic N) is 1. The van der Waals surface area contributed by atoms with E-state index in [1.807, 2.05) is 0 Å². The summed E-state index contributed by atoms with van der Waals surface area (Å²) in [4.78, 5) is 4.80. The van der Waals surface area contributed by atoms with E-state index in [1.54, 1.807) is 7.11 Å². The molecule has 1 heterocycles. The third-order valence-electron chi connectivity index (χ3n) is 3.78. The van der Waals surface area contributed by atoms with E-state index in [-0.39, 0.29) is 0 Å². The van der Waals surface area contributed by atoms with Crippen LogP contribution in [-0.2, 0) is 17.7 Å². The van der Waals surface area contributed by atoms with Crippen molar-refractivity contribution in [1.82, 2.24) is 10.3 Å². The standard InChI is InChI=1S/C18H26N2O/c1-5-14-6-7-17-16(10-14)15(12-19-8-9-21-4)11-18(20-17)13(2)3/h6-7,10-11,13,19H,5,8-9,12H2,1-4H3. The highest BCUT2D eigenvalue weighted by molar-refractivity contribution is 5.83. The van der Waals surface area contributed by atoms with Gasteiger partial charge in [0.15, 0.2) is 0 Å². The summed E-state index contributed by atoms with van der Waals surface area (Å²) < 4.78 is 5.09. The fourth-order valence-electron chi connectivity index (χ4n) is 2.42. The normalized spacial score (nSPS) is 11.5. The fourth-order valence-corrected chi connectivity index (χ4v) is 2.42. The summed E-state index contributed by atoms with van der Waals surface area (Å²) in [6.45, 7) is 9.03. The van der Waals surface area contributed by atoms with Crippen LogP contribution in [0.5, 0.6) is 0 Å². The molecule has 0 bridgehead atoms. The molecule has 21 heavy (non-hydrogen) atoms. The minimum absolute atomic E-state index is 0.443. The Balaban J connectivity index is 2.37. The van der Waals surface area contributed by atoms with E-state index in [0.29, 0.717) is 5.92 Å². The third-order valence-corrected chi connectivity index (χ3v) is 3.78. The molecule has 2 rings (SSSR count). The number of hydrogen-bond donors (Lipinski definition) is 1. The lowest BCUT2D eigenvalue weighted by atomic mass is 10.0. The Morgan fingerprint density at radius 1 is 1.24 bits per heavy atom. The number of pyridine rings is 1. The first-order valence-corrected chi connectivity index (χ1v) is 7.77. The number of nitrogens with one attached hydrogen (secondary N) is 1. The largest absolute Gasteiger partial charge is 0.383 e. The van der Waals surface area contributed by atoms with Gasteiger partial charge in [0.25, 0.3) is 0 Å². The molecule has 2 aromatic rings. The van der Waals surface area contributed by atoms with Crippen LogP contribution in [0.15, 0.2) is 24.3 Å². The van der Waals surface area contributed by atoms with Gasteiger partial charge in [0, 0.05) is 31.3 Å². The molecule has 1 N–H and O–H groups in total. The maximum atomic E-state index is 5.09.